The standard InChI is InChI=1S/C25H34N6O2/c1-17(32)29-10-7-24-22(15-29)25(27-31(24)21-8-11-33-16-21)30-9-3-4-19-12-18(5-6-23(19)30)20-13-26-28(2)14-20/h5-6,13,18,20-21H,3-4,7-12,14-16H2,1-2H3/t18?,20?,21-/m0/s1. The highest BCUT2D eigenvalue weighted by Crippen LogP contribution is 2.41. The lowest BCUT2D eigenvalue weighted by Crippen LogP contribution is -2.36. The van der Waals surface area contributed by atoms with E-state index < -0.39 is 0 Å². The van der Waals surface area contributed by atoms with E-state index >= 15 is 0 Å². The molecule has 1 saturated heterocycles. The summed E-state index contributed by atoms with van der Waals surface area (Å²) in [7, 11) is 2.05. The molecule has 8 heteroatoms. The molecule has 0 N–H and O–H groups in total. The van der Waals surface area contributed by atoms with Gasteiger partial charge in [0.2, 0.25) is 5.91 Å². The minimum atomic E-state index is 0.144. The van der Waals surface area contributed by atoms with Crippen molar-refractivity contribution < 1.29 is 9.53 Å². The molecule has 5 heterocycles. The highest BCUT2D eigenvalue weighted by Gasteiger charge is 2.35. The van der Waals surface area contributed by atoms with Crippen molar-refractivity contribution in [1.29, 1.82) is 0 Å². The predicted octanol–water partition coefficient (Wildman–Crippen LogP) is 2.73. The average Bonchev–Trinajstić information content (AvgIpc) is 3.57. The quantitative estimate of drug-likeness (QED) is 0.709. The lowest BCUT2D eigenvalue weighted by molar-refractivity contribution is -0.129. The van der Waals surface area contributed by atoms with Gasteiger partial charge < -0.3 is 14.5 Å². The van der Waals surface area contributed by atoms with Gasteiger partial charge in [0.15, 0.2) is 5.82 Å². The summed E-state index contributed by atoms with van der Waals surface area (Å²) in [6.07, 6.45) is 12.1. The number of hydrogen-bond donors (Lipinski definition) is 0. The number of anilines is 1. The van der Waals surface area contributed by atoms with Crippen LogP contribution < -0.4 is 4.90 Å². The lowest BCUT2D eigenvalue weighted by atomic mass is 9.81. The third-order valence-electron chi connectivity index (χ3n) is 7.99. The number of aromatic nitrogens is 2. The molecule has 33 heavy (non-hydrogen) atoms. The summed E-state index contributed by atoms with van der Waals surface area (Å²) < 4.78 is 7.94. The Balaban J connectivity index is 1.34. The first-order valence-corrected chi connectivity index (χ1v) is 12.4. The SMILES string of the molecule is CC(=O)N1CCc2c(c(N3CCCC4=C3C=CC(C3C=NN(C)C3)C4)nn2[C@H]2CCOC2)C1. The molecule has 2 unspecified atom stereocenters. The Hall–Kier alpha value is -2.61. The second-order valence-electron chi connectivity index (χ2n) is 10.1. The second-order valence-corrected chi connectivity index (χ2v) is 10.1. The number of carbonyl (C=O) groups excluding carboxylic acids is 1. The zero-order valence-electron chi connectivity index (χ0n) is 19.7. The van der Waals surface area contributed by atoms with Crippen molar-refractivity contribution in [2.75, 3.05) is 44.8 Å². The van der Waals surface area contributed by atoms with Gasteiger partial charge in [-0.05, 0) is 43.3 Å². The van der Waals surface area contributed by atoms with Crippen LogP contribution in [0.2, 0.25) is 0 Å². The predicted molar refractivity (Wildman–Crippen MR) is 127 cm³/mol. The number of fused-ring (bicyclic) bond motifs is 1. The first-order chi connectivity index (χ1) is 16.1. The van der Waals surface area contributed by atoms with Gasteiger partial charge in [0.25, 0.3) is 0 Å². The van der Waals surface area contributed by atoms with E-state index in [4.69, 9.17) is 9.84 Å². The van der Waals surface area contributed by atoms with E-state index in [2.05, 4.69) is 40.1 Å². The number of rotatable bonds is 3. The molecule has 4 aliphatic heterocycles. The van der Waals surface area contributed by atoms with Gasteiger partial charge in [0.05, 0.1) is 19.2 Å². The van der Waals surface area contributed by atoms with E-state index in [1.54, 1.807) is 12.5 Å². The first-order valence-electron chi connectivity index (χ1n) is 12.4. The summed E-state index contributed by atoms with van der Waals surface area (Å²) in [5, 5.41) is 11.7. The molecule has 1 amide bonds. The van der Waals surface area contributed by atoms with Crippen LogP contribution >= 0.6 is 0 Å². The minimum Gasteiger partial charge on any atom is -0.379 e. The molecule has 0 bridgehead atoms. The first kappa shape index (κ1) is 21.0. The molecule has 0 saturated carbocycles. The maximum atomic E-state index is 12.2. The molecule has 1 fully saturated rings. The topological polar surface area (TPSA) is 66.2 Å². The van der Waals surface area contributed by atoms with Crippen LogP contribution in [0.4, 0.5) is 5.82 Å². The molecule has 0 spiro atoms. The zero-order chi connectivity index (χ0) is 22.5. The minimum absolute atomic E-state index is 0.144. The van der Waals surface area contributed by atoms with E-state index in [-0.39, 0.29) is 5.91 Å². The van der Waals surface area contributed by atoms with Crippen molar-refractivity contribution in [3.8, 4) is 0 Å². The number of hydrazone groups is 1. The molecule has 5 aliphatic rings. The maximum Gasteiger partial charge on any atom is 0.219 e. The third-order valence-corrected chi connectivity index (χ3v) is 7.99. The Morgan fingerprint density at radius 1 is 1.21 bits per heavy atom. The van der Waals surface area contributed by atoms with Crippen LogP contribution in [-0.4, -0.2) is 71.7 Å². The Morgan fingerprint density at radius 3 is 2.88 bits per heavy atom. The largest absolute Gasteiger partial charge is 0.379 e. The summed E-state index contributed by atoms with van der Waals surface area (Å²) >= 11 is 0. The summed E-state index contributed by atoms with van der Waals surface area (Å²) in [5.74, 6) is 2.22. The van der Waals surface area contributed by atoms with Gasteiger partial charge in [-0.25, -0.2) is 0 Å². The van der Waals surface area contributed by atoms with Crippen LogP contribution in [0.1, 0.15) is 49.9 Å². The van der Waals surface area contributed by atoms with Crippen LogP contribution in [0.15, 0.2) is 28.5 Å². The van der Waals surface area contributed by atoms with Crippen LogP contribution in [-0.2, 0) is 22.5 Å². The summed E-state index contributed by atoms with van der Waals surface area (Å²) in [6, 6.07) is 0.305. The van der Waals surface area contributed by atoms with Gasteiger partial charge in [-0.3, -0.25) is 14.5 Å². The Morgan fingerprint density at radius 2 is 2.12 bits per heavy atom. The summed E-state index contributed by atoms with van der Waals surface area (Å²) in [6.45, 7) is 6.62. The molecule has 3 atom stereocenters. The molecule has 0 aromatic carbocycles. The number of amides is 1. The van der Waals surface area contributed by atoms with Gasteiger partial charge >= 0.3 is 0 Å². The van der Waals surface area contributed by atoms with Crippen LogP contribution in [0.5, 0.6) is 0 Å². The van der Waals surface area contributed by atoms with Crippen LogP contribution in [0.3, 0.4) is 0 Å². The van der Waals surface area contributed by atoms with Crippen molar-refractivity contribution >= 4 is 17.9 Å². The van der Waals surface area contributed by atoms with Crippen molar-refractivity contribution in [2.45, 2.75) is 51.6 Å². The number of hydrogen-bond acceptors (Lipinski definition) is 6. The van der Waals surface area contributed by atoms with E-state index in [0.29, 0.717) is 24.4 Å². The molecule has 8 nitrogen and oxygen atoms in total. The van der Waals surface area contributed by atoms with Crippen molar-refractivity contribution in [3.05, 3.63) is 34.7 Å². The van der Waals surface area contributed by atoms with Crippen LogP contribution in [0, 0.1) is 11.8 Å². The number of carbonyl (C=O) groups is 1. The smallest absolute Gasteiger partial charge is 0.219 e. The summed E-state index contributed by atoms with van der Waals surface area (Å²) in [4.78, 5) is 16.6. The van der Waals surface area contributed by atoms with E-state index in [9.17, 15) is 4.79 Å². The molecule has 176 valence electrons. The van der Waals surface area contributed by atoms with E-state index in [1.807, 2.05) is 9.91 Å². The van der Waals surface area contributed by atoms with Crippen LogP contribution in [0.25, 0.3) is 0 Å². The monoisotopic (exact) mass is 450 g/mol. The molecular formula is C25H34N6O2. The van der Waals surface area contributed by atoms with Crippen molar-refractivity contribution in [3.63, 3.8) is 0 Å². The normalized spacial score (nSPS) is 29.2. The number of nitrogens with zero attached hydrogens (tertiary/aromatic N) is 6. The van der Waals surface area contributed by atoms with E-state index in [0.717, 1.165) is 70.8 Å². The van der Waals surface area contributed by atoms with E-state index in [1.165, 1.54) is 17.0 Å². The Labute approximate surface area is 195 Å². The molecule has 6 rings (SSSR count). The van der Waals surface area contributed by atoms with Gasteiger partial charge in [-0.1, -0.05) is 6.08 Å². The average molecular weight is 451 g/mol. The number of allylic oxidation sites excluding steroid dienone is 3. The fourth-order valence-corrected chi connectivity index (χ4v) is 6.16. The van der Waals surface area contributed by atoms with Gasteiger partial charge in [-0.2, -0.15) is 10.2 Å². The Bertz CT molecular complexity index is 1030. The fraction of sp³-hybridized carbons (Fsp3) is 0.640. The maximum absolute atomic E-state index is 12.2. The molecule has 1 aromatic rings. The Kier molecular flexibility index (Phi) is 5.28. The van der Waals surface area contributed by atoms with Crippen molar-refractivity contribution in [2.24, 2.45) is 16.9 Å². The van der Waals surface area contributed by atoms with Crippen molar-refractivity contribution in [1.82, 2.24) is 19.7 Å². The second kappa shape index (κ2) is 8.31. The third kappa shape index (κ3) is 3.68. The molecular weight excluding hydrogens is 416 g/mol. The van der Waals surface area contributed by atoms with Gasteiger partial charge in [0, 0.05) is 75.7 Å². The molecule has 1 aromatic heterocycles. The highest BCUT2D eigenvalue weighted by molar-refractivity contribution is 5.74. The van der Waals surface area contributed by atoms with Gasteiger partial charge in [0.1, 0.15) is 0 Å². The molecule has 1 aliphatic carbocycles. The highest BCUT2D eigenvalue weighted by atomic mass is 16.5. The molecule has 0 radical (unpaired) electrons. The zero-order valence-corrected chi connectivity index (χ0v) is 19.7. The fourth-order valence-electron chi connectivity index (χ4n) is 6.16. The van der Waals surface area contributed by atoms with Gasteiger partial charge in [-0.15, -0.1) is 0 Å². The number of ether oxygens (including phenoxy) is 1. The summed E-state index contributed by atoms with van der Waals surface area (Å²) in [5.41, 5.74) is 5.41. The lowest BCUT2D eigenvalue weighted by Gasteiger charge is -2.36.